The Kier molecular flexibility index (Phi) is 6.17. The van der Waals surface area contributed by atoms with Crippen molar-refractivity contribution in [2.75, 3.05) is 11.6 Å². The van der Waals surface area contributed by atoms with Crippen molar-refractivity contribution in [3.8, 4) is 11.9 Å². The Hall–Kier alpha value is -3.68. The van der Waals surface area contributed by atoms with E-state index < -0.39 is 56.6 Å². The van der Waals surface area contributed by atoms with Crippen LogP contribution >= 0.6 is 0 Å². The topological polar surface area (TPSA) is 124 Å². The first-order valence-electron chi connectivity index (χ1n) is 10.1. The Morgan fingerprint density at radius 1 is 1.20 bits per heavy atom. The molecule has 4 rings (SSSR count). The third kappa shape index (κ3) is 5.37. The molecular formula is C21H17F4N5O4S. The zero-order valence-corrected chi connectivity index (χ0v) is 19.0. The van der Waals surface area contributed by atoms with Crippen molar-refractivity contribution in [1.82, 2.24) is 20.2 Å². The molecule has 3 aromatic rings. The molecule has 1 aromatic carbocycles. The van der Waals surface area contributed by atoms with Gasteiger partial charge in [-0.3, -0.25) is 4.79 Å². The van der Waals surface area contributed by atoms with Crippen LogP contribution in [0.2, 0.25) is 0 Å². The lowest BCUT2D eigenvalue weighted by Gasteiger charge is -2.15. The Bertz CT molecular complexity index is 1430. The highest BCUT2D eigenvalue weighted by Crippen LogP contribution is 2.41. The molecule has 0 atom stereocenters. The summed E-state index contributed by atoms with van der Waals surface area (Å²) in [5.41, 5.74) is -2.43. The zero-order valence-electron chi connectivity index (χ0n) is 18.2. The second kappa shape index (κ2) is 8.83. The summed E-state index contributed by atoms with van der Waals surface area (Å²) in [4.78, 5) is 20.3. The standard InChI is InChI=1S/C21H17F4N5O4S/c1-10-15(18(31)27-12-4-3-5-13(8-12)35(2,32)33)19(30-29-16(10)21(23,24)25)34-20-26-9-14(11-6-7-11)17(22)28-20/h3-5,8-9,11H,6-7H2,1-2H3,(H,27,31). The maximum absolute atomic E-state index is 14.3. The lowest BCUT2D eigenvalue weighted by molar-refractivity contribution is -0.142. The predicted molar refractivity (Wildman–Crippen MR) is 113 cm³/mol. The number of halogens is 4. The smallest absolute Gasteiger partial charge is 0.403 e. The molecule has 1 N–H and O–H groups in total. The van der Waals surface area contributed by atoms with Crippen LogP contribution < -0.4 is 10.1 Å². The molecule has 14 heteroatoms. The Morgan fingerprint density at radius 3 is 2.51 bits per heavy atom. The zero-order chi connectivity index (χ0) is 25.5. The van der Waals surface area contributed by atoms with Gasteiger partial charge in [-0.25, -0.2) is 13.4 Å². The van der Waals surface area contributed by atoms with Crippen molar-refractivity contribution in [3.63, 3.8) is 0 Å². The van der Waals surface area contributed by atoms with E-state index in [1.54, 1.807) is 0 Å². The molecule has 0 radical (unpaired) electrons. The summed E-state index contributed by atoms with van der Waals surface area (Å²) in [6.07, 6.45) is -1.20. The third-order valence-corrected chi connectivity index (χ3v) is 6.26. The maximum Gasteiger partial charge on any atom is 0.435 e. The molecule has 0 bridgehead atoms. The Morgan fingerprint density at radius 2 is 1.91 bits per heavy atom. The quantitative estimate of drug-likeness (QED) is 0.388. The number of anilines is 1. The van der Waals surface area contributed by atoms with Crippen LogP contribution in [0.15, 0.2) is 35.4 Å². The highest BCUT2D eigenvalue weighted by Gasteiger charge is 2.38. The molecule has 1 aliphatic carbocycles. The van der Waals surface area contributed by atoms with E-state index in [9.17, 15) is 30.8 Å². The second-order valence-electron chi connectivity index (χ2n) is 7.88. The Balaban J connectivity index is 1.72. The van der Waals surface area contributed by atoms with Crippen LogP contribution in [0.3, 0.4) is 0 Å². The lowest BCUT2D eigenvalue weighted by atomic mass is 10.1. The van der Waals surface area contributed by atoms with E-state index in [1.165, 1.54) is 24.4 Å². The number of alkyl halides is 3. The fourth-order valence-corrected chi connectivity index (χ4v) is 3.93. The van der Waals surface area contributed by atoms with E-state index in [2.05, 4.69) is 25.5 Å². The minimum Gasteiger partial charge on any atom is -0.403 e. The van der Waals surface area contributed by atoms with E-state index in [4.69, 9.17) is 4.74 Å². The van der Waals surface area contributed by atoms with Crippen LogP contribution in [-0.2, 0) is 16.0 Å². The van der Waals surface area contributed by atoms with Crippen LogP contribution in [0.5, 0.6) is 11.9 Å². The van der Waals surface area contributed by atoms with Gasteiger partial charge in [0.25, 0.3) is 11.8 Å². The molecular weight excluding hydrogens is 494 g/mol. The van der Waals surface area contributed by atoms with E-state index in [1.807, 2.05) is 0 Å². The van der Waals surface area contributed by atoms with Gasteiger partial charge < -0.3 is 10.1 Å². The lowest BCUT2D eigenvalue weighted by Crippen LogP contribution is -2.21. The van der Waals surface area contributed by atoms with Crippen molar-refractivity contribution >= 4 is 21.4 Å². The number of nitrogens with one attached hydrogen (secondary N) is 1. The number of hydrogen-bond acceptors (Lipinski definition) is 8. The molecule has 2 heterocycles. The van der Waals surface area contributed by atoms with Crippen molar-refractivity contribution in [1.29, 1.82) is 0 Å². The second-order valence-corrected chi connectivity index (χ2v) is 9.90. The van der Waals surface area contributed by atoms with Crippen LogP contribution in [0.1, 0.15) is 45.9 Å². The highest BCUT2D eigenvalue weighted by atomic mass is 32.2. The number of hydrogen-bond donors (Lipinski definition) is 1. The molecule has 1 fully saturated rings. The van der Waals surface area contributed by atoms with Crippen LogP contribution in [0, 0.1) is 12.9 Å². The first-order chi connectivity index (χ1) is 16.3. The van der Waals surface area contributed by atoms with Crippen LogP contribution in [0.4, 0.5) is 23.2 Å². The average Bonchev–Trinajstić information content (AvgIpc) is 3.58. The summed E-state index contributed by atoms with van der Waals surface area (Å²) in [6, 6.07) is 4.54. The summed E-state index contributed by atoms with van der Waals surface area (Å²) in [7, 11) is -3.62. The first kappa shape index (κ1) is 24.4. The van der Waals surface area contributed by atoms with Gasteiger partial charge in [0.1, 0.15) is 5.56 Å². The number of amides is 1. The van der Waals surface area contributed by atoms with Crippen LogP contribution in [0.25, 0.3) is 0 Å². The van der Waals surface area contributed by atoms with E-state index in [0.29, 0.717) is 0 Å². The highest BCUT2D eigenvalue weighted by molar-refractivity contribution is 7.90. The minimum absolute atomic E-state index is 0.00110. The van der Waals surface area contributed by atoms with E-state index >= 15 is 0 Å². The average molecular weight is 511 g/mol. The molecule has 1 saturated carbocycles. The van der Waals surface area contributed by atoms with Crippen LogP contribution in [-0.4, -0.2) is 40.7 Å². The number of nitrogens with zero attached hydrogens (tertiary/aromatic N) is 4. The van der Waals surface area contributed by atoms with Gasteiger partial charge >= 0.3 is 12.2 Å². The normalized spacial score (nSPS) is 14.0. The number of carbonyl (C=O) groups excluding carboxylic acids is 1. The largest absolute Gasteiger partial charge is 0.435 e. The number of ether oxygens (including phenoxy) is 1. The van der Waals surface area contributed by atoms with Gasteiger partial charge in [-0.15, -0.1) is 10.2 Å². The third-order valence-electron chi connectivity index (χ3n) is 5.15. The first-order valence-corrected chi connectivity index (χ1v) is 12.0. The fourth-order valence-electron chi connectivity index (χ4n) is 3.26. The molecule has 0 unspecified atom stereocenters. The molecule has 35 heavy (non-hydrogen) atoms. The molecule has 184 valence electrons. The van der Waals surface area contributed by atoms with E-state index in [0.717, 1.165) is 32.1 Å². The molecule has 1 aliphatic rings. The fraction of sp³-hybridized carbons (Fsp3) is 0.286. The predicted octanol–water partition coefficient (Wildman–Crippen LogP) is 4.06. The maximum atomic E-state index is 14.3. The van der Waals surface area contributed by atoms with Crippen molar-refractivity contribution in [2.45, 2.75) is 36.8 Å². The van der Waals surface area contributed by atoms with Crippen molar-refractivity contribution < 1.29 is 35.5 Å². The van der Waals surface area contributed by atoms with Gasteiger partial charge in [-0.2, -0.15) is 22.5 Å². The Labute approximate surface area is 196 Å². The molecule has 0 aliphatic heterocycles. The SMILES string of the molecule is Cc1c(C(F)(F)F)nnc(Oc2ncc(C3CC3)c(F)n2)c1C(=O)Nc1cccc(S(C)(=O)=O)c1. The molecule has 9 nitrogen and oxygen atoms in total. The molecule has 0 saturated heterocycles. The summed E-state index contributed by atoms with van der Waals surface area (Å²) in [5, 5.41) is 8.81. The summed E-state index contributed by atoms with van der Waals surface area (Å²) >= 11 is 0. The molecule has 1 amide bonds. The summed E-state index contributed by atoms with van der Waals surface area (Å²) in [6.45, 7) is 0.990. The molecule has 2 aromatic heterocycles. The monoisotopic (exact) mass is 511 g/mol. The van der Waals surface area contributed by atoms with Crippen molar-refractivity contribution in [3.05, 3.63) is 58.8 Å². The van der Waals surface area contributed by atoms with Crippen molar-refractivity contribution in [2.24, 2.45) is 0 Å². The molecule has 0 spiro atoms. The number of sulfone groups is 1. The van der Waals surface area contributed by atoms with Gasteiger partial charge in [0, 0.05) is 23.7 Å². The number of benzene rings is 1. The summed E-state index contributed by atoms with van der Waals surface area (Å²) < 4.78 is 83.4. The van der Waals surface area contributed by atoms with Gasteiger partial charge in [0.15, 0.2) is 15.5 Å². The van der Waals surface area contributed by atoms with Gasteiger partial charge in [0.2, 0.25) is 5.95 Å². The van der Waals surface area contributed by atoms with Gasteiger partial charge in [-0.05, 0) is 49.4 Å². The summed E-state index contributed by atoms with van der Waals surface area (Å²) in [5.74, 6) is -2.64. The number of rotatable bonds is 6. The minimum atomic E-state index is -4.94. The number of carbonyl (C=O) groups is 1. The van der Waals surface area contributed by atoms with E-state index in [-0.39, 0.29) is 22.1 Å². The number of aromatic nitrogens is 4. The van der Waals surface area contributed by atoms with Gasteiger partial charge in [0.05, 0.1) is 4.90 Å². The van der Waals surface area contributed by atoms with Gasteiger partial charge in [-0.1, -0.05) is 6.07 Å².